The number of aromatic amines is 1. The van der Waals surface area contributed by atoms with Crippen molar-refractivity contribution >= 4 is 16.9 Å². The average Bonchev–Trinajstić information content (AvgIpc) is 2.82. The zero-order valence-corrected chi connectivity index (χ0v) is 12.4. The van der Waals surface area contributed by atoms with E-state index in [0.717, 1.165) is 10.9 Å². The Morgan fingerprint density at radius 2 is 2.05 bits per heavy atom. The van der Waals surface area contributed by atoms with Crippen molar-refractivity contribution in [2.24, 2.45) is 0 Å². The Morgan fingerprint density at radius 1 is 1.27 bits per heavy atom. The lowest BCUT2D eigenvalue weighted by Gasteiger charge is -2.03. The van der Waals surface area contributed by atoms with E-state index in [1.54, 1.807) is 13.8 Å². The van der Waals surface area contributed by atoms with Crippen molar-refractivity contribution in [3.8, 4) is 17.1 Å². The molecule has 0 radical (unpaired) electrons. The number of nitrogens with zero attached hydrogens (tertiary/aromatic N) is 1. The largest absolute Gasteiger partial charge is 0.505 e. The van der Waals surface area contributed by atoms with E-state index < -0.39 is 5.97 Å². The minimum atomic E-state index is -0.541. The van der Waals surface area contributed by atoms with Crippen molar-refractivity contribution in [3.63, 3.8) is 0 Å². The Labute approximate surface area is 127 Å². The Kier molecular flexibility index (Phi) is 3.55. The summed E-state index contributed by atoms with van der Waals surface area (Å²) < 4.78 is 4.97. The number of hydrogen-bond acceptors (Lipinski definition) is 4. The standard InChI is InChI=1S/C17H16N2O3/c1-3-22-17(21)14-10(2)18-15(16(14)20)13-9-8-11-6-4-5-7-12(11)19-13/h4-9,18,20H,3H2,1-2H3. The molecule has 2 aromatic heterocycles. The van der Waals surface area contributed by atoms with Gasteiger partial charge in [-0.25, -0.2) is 9.78 Å². The molecule has 0 fully saturated rings. The molecule has 1 aromatic carbocycles. The molecule has 0 aliphatic carbocycles. The van der Waals surface area contributed by atoms with Crippen LogP contribution in [0.4, 0.5) is 0 Å². The minimum Gasteiger partial charge on any atom is -0.505 e. The van der Waals surface area contributed by atoms with Gasteiger partial charge in [0.25, 0.3) is 0 Å². The van der Waals surface area contributed by atoms with Gasteiger partial charge in [0.1, 0.15) is 11.3 Å². The van der Waals surface area contributed by atoms with Gasteiger partial charge < -0.3 is 14.8 Å². The molecule has 0 amide bonds. The molecule has 2 heterocycles. The van der Waals surface area contributed by atoms with Gasteiger partial charge in [-0.2, -0.15) is 0 Å². The Balaban J connectivity index is 2.11. The van der Waals surface area contributed by atoms with Crippen LogP contribution in [0.15, 0.2) is 36.4 Å². The third-order valence-electron chi connectivity index (χ3n) is 3.50. The van der Waals surface area contributed by atoms with Crippen LogP contribution in [-0.4, -0.2) is 27.7 Å². The number of rotatable bonds is 3. The molecule has 3 aromatic rings. The quantitative estimate of drug-likeness (QED) is 0.726. The highest BCUT2D eigenvalue weighted by Crippen LogP contribution is 2.34. The topological polar surface area (TPSA) is 75.2 Å². The maximum Gasteiger partial charge on any atom is 0.343 e. The van der Waals surface area contributed by atoms with Gasteiger partial charge in [-0.15, -0.1) is 0 Å². The summed E-state index contributed by atoms with van der Waals surface area (Å²) in [5.74, 6) is -0.667. The van der Waals surface area contributed by atoms with Crippen molar-refractivity contribution in [1.29, 1.82) is 0 Å². The van der Waals surface area contributed by atoms with Gasteiger partial charge in [-0.3, -0.25) is 0 Å². The molecule has 5 heteroatoms. The van der Waals surface area contributed by atoms with E-state index in [2.05, 4.69) is 9.97 Å². The van der Waals surface area contributed by atoms with Crippen LogP contribution < -0.4 is 0 Å². The van der Waals surface area contributed by atoms with Crippen molar-refractivity contribution < 1.29 is 14.6 Å². The van der Waals surface area contributed by atoms with Crippen LogP contribution in [0.3, 0.4) is 0 Å². The molecule has 2 N–H and O–H groups in total. The van der Waals surface area contributed by atoms with Crippen LogP contribution >= 0.6 is 0 Å². The zero-order valence-electron chi connectivity index (χ0n) is 12.4. The number of nitrogens with one attached hydrogen (secondary N) is 1. The first-order valence-electron chi connectivity index (χ1n) is 7.06. The molecule has 0 saturated heterocycles. The molecule has 0 unspecified atom stereocenters. The predicted molar refractivity (Wildman–Crippen MR) is 83.9 cm³/mol. The first-order valence-corrected chi connectivity index (χ1v) is 7.06. The number of pyridine rings is 1. The summed E-state index contributed by atoms with van der Waals surface area (Å²) in [7, 11) is 0. The van der Waals surface area contributed by atoms with E-state index in [4.69, 9.17) is 4.74 Å². The van der Waals surface area contributed by atoms with E-state index in [9.17, 15) is 9.90 Å². The number of aryl methyl sites for hydroxylation is 1. The fourth-order valence-electron chi connectivity index (χ4n) is 2.46. The number of aromatic nitrogens is 2. The summed E-state index contributed by atoms with van der Waals surface area (Å²) in [5.41, 5.74) is 2.54. The Hall–Kier alpha value is -2.82. The van der Waals surface area contributed by atoms with Crippen LogP contribution in [0.2, 0.25) is 0 Å². The van der Waals surface area contributed by atoms with Gasteiger partial charge in [0.05, 0.1) is 17.8 Å². The summed E-state index contributed by atoms with van der Waals surface area (Å²) in [5, 5.41) is 11.4. The normalized spacial score (nSPS) is 10.8. The number of aromatic hydroxyl groups is 1. The second-order valence-electron chi connectivity index (χ2n) is 4.96. The fourth-order valence-corrected chi connectivity index (χ4v) is 2.46. The average molecular weight is 296 g/mol. The van der Waals surface area contributed by atoms with Crippen molar-refractivity contribution in [1.82, 2.24) is 9.97 Å². The van der Waals surface area contributed by atoms with E-state index in [0.29, 0.717) is 17.1 Å². The number of ether oxygens (including phenoxy) is 1. The molecule has 0 aliphatic rings. The van der Waals surface area contributed by atoms with Gasteiger partial charge in [0.2, 0.25) is 0 Å². The molecule has 0 spiro atoms. The maximum absolute atomic E-state index is 11.9. The van der Waals surface area contributed by atoms with Crippen molar-refractivity contribution in [3.05, 3.63) is 47.7 Å². The maximum atomic E-state index is 11.9. The monoisotopic (exact) mass is 296 g/mol. The number of esters is 1. The van der Waals surface area contributed by atoms with Crippen LogP contribution in [0.1, 0.15) is 23.0 Å². The first-order chi connectivity index (χ1) is 10.6. The predicted octanol–water partition coefficient (Wildman–Crippen LogP) is 3.42. The van der Waals surface area contributed by atoms with Gasteiger partial charge in [-0.05, 0) is 26.0 Å². The highest BCUT2D eigenvalue weighted by molar-refractivity contribution is 5.97. The van der Waals surface area contributed by atoms with Crippen LogP contribution in [0, 0.1) is 6.92 Å². The summed E-state index contributed by atoms with van der Waals surface area (Å²) in [6.07, 6.45) is 0. The second-order valence-corrected chi connectivity index (χ2v) is 4.96. The number of hydrogen-bond donors (Lipinski definition) is 2. The third-order valence-corrected chi connectivity index (χ3v) is 3.50. The molecule has 0 aliphatic heterocycles. The van der Waals surface area contributed by atoms with E-state index in [1.165, 1.54) is 0 Å². The first kappa shape index (κ1) is 14.1. The fraction of sp³-hybridized carbons (Fsp3) is 0.176. The van der Waals surface area contributed by atoms with E-state index in [1.807, 2.05) is 36.4 Å². The smallest absolute Gasteiger partial charge is 0.343 e. The Morgan fingerprint density at radius 3 is 2.82 bits per heavy atom. The zero-order chi connectivity index (χ0) is 15.7. The molecule has 5 nitrogen and oxygen atoms in total. The number of fused-ring (bicyclic) bond motifs is 1. The summed E-state index contributed by atoms with van der Waals surface area (Å²) >= 11 is 0. The van der Waals surface area contributed by atoms with Crippen molar-refractivity contribution in [2.75, 3.05) is 6.61 Å². The van der Waals surface area contributed by atoms with Gasteiger partial charge in [0, 0.05) is 11.1 Å². The van der Waals surface area contributed by atoms with E-state index >= 15 is 0 Å². The van der Waals surface area contributed by atoms with Crippen molar-refractivity contribution in [2.45, 2.75) is 13.8 Å². The molecule has 0 atom stereocenters. The minimum absolute atomic E-state index is 0.126. The molecule has 112 valence electrons. The van der Waals surface area contributed by atoms with Crippen LogP contribution in [0.5, 0.6) is 5.75 Å². The number of benzene rings is 1. The van der Waals surface area contributed by atoms with E-state index in [-0.39, 0.29) is 17.9 Å². The number of carbonyl (C=O) groups is 1. The Bertz CT molecular complexity index is 852. The molecular formula is C17H16N2O3. The second kappa shape index (κ2) is 5.52. The van der Waals surface area contributed by atoms with Gasteiger partial charge in [-0.1, -0.05) is 24.3 Å². The SMILES string of the molecule is CCOC(=O)c1c(C)[nH]c(-c2ccc3ccccc3n2)c1O. The molecule has 22 heavy (non-hydrogen) atoms. The van der Waals surface area contributed by atoms with Crippen LogP contribution in [-0.2, 0) is 4.74 Å². The molecular weight excluding hydrogens is 280 g/mol. The molecule has 0 bridgehead atoms. The number of carbonyl (C=O) groups excluding carboxylic acids is 1. The van der Waals surface area contributed by atoms with Gasteiger partial charge >= 0.3 is 5.97 Å². The molecule has 3 rings (SSSR count). The number of para-hydroxylation sites is 1. The highest BCUT2D eigenvalue weighted by Gasteiger charge is 2.23. The number of H-pyrrole nitrogens is 1. The molecule has 0 saturated carbocycles. The lowest BCUT2D eigenvalue weighted by Crippen LogP contribution is -2.05. The summed E-state index contributed by atoms with van der Waals surface area (Å²) in [6, 6.07) is 11.5. The summed E-state index contributed by atoms with van der Waals surface area (Å²) in [6.45, 7) is 3.70. The lowest BCUT2D eigenvalue weighted by molar-refractivity contribution is 0.0522. The summed E-state index contributed by atoms with van der Waals surface area (Å²) in [4.78, 5) is 19.5. The van der Waals surface area contributed by atoms with Gasteiger partial charge in [0.15, 0.2) is 5.75 Å². The lowest BCUT2D eigenvalue weighted by atomic mass is 10.1. The highest BCUT2D eigenvalue weighted by atomic mass is 16.5. The van der Waals surface area contributed by atoms with Crippen LogP contribution in [0.25, 0.3) is 22.3 Å². The third kappa shape index (κ3) is 2.30.